The summed E-state index contributed by atoms with van der Waals surface area (Å²) in [6, 6.07) is 4.88. The summed E-state index contributed by atoms with van der Waals surface area (Å²) >= 11 is 0. The van der Waals surface area contributed by atoms with Gasteiger partial charge in [-0.2, -0.15) is 0 Å². The zero-order valence-electron chi connectivity index (χ0n) is 8.35. The molecule has 0 bridgehead atoms. The zero-order valence-corrected chi connectivity index (χ0v) is 8.35. The van der Waals surface area contributed by atoms with Crippen LogP contribution in [0.5, 0.6) is 5.75 Å². The summed E-state index contributed by atoms with van der Waals surface area (Å²) in [6.45, 7) is 5.30. The van der Waals surface area contributed by atoms with E-state index in [1.54, 1.807) is 7.11 Å². The molecular formula is C11H15NO. The van der Waals surface area contributed by atoms with Gasteiger partial charge in [-0.1, -0.05) is 17.7 Å². The molecule has 0 amide bonds. The van der Waals surface area contributed by atoms with Gasteiger partial charge in [-0.15, -0.1) is 0 Å². The van der Waals surface area contributed by atoms with E-state index in [0.717, 1.165) is 12.3 Å². The van der Waals surface area contributed by atoms with E-state index in [2.05, 4.69) is 31.3 Å². The van der Waals surface area contributed by atoms with Crippen molar-refractivity contribution in [3.8, 4) is 5.75 Å². The smallest absolute Gasteiger partial charge is 0.126 e. The number of rotatable bonds is 2. The maximum atomic E-state index is 5.39. The first-order valence-corrected chi connectivity index (χ1v) is 4.61. The van der Waals surface area contributed by atoms with Crippen molar-refractivity contribution in [1.29, 1.82) is 0 Å². The van der Waals surface area contributed by atoms with Gasteiger partial charge >= 0.3 is 0 Å². The summed E-state index contributed by atoms with van der Waals surface area (Å²) in [6.07, 6.45) is 0. The number of hydrogen-bond acceptors (Lipinski definition) is 2. The van der Waals surface area contributed by atoms with E-state index in [4.69, 9.17) is 4.74 Å². The second-order valence-corrected chi connectivity index (χ2v) is 3.67. The molecule has 1 atom stereocenters. The molecule has 1 saturated heterocycles. The summed E-state index contributed by atoms with van der Waals surface area (Å²) in [4.78, 5) is 0. The highest BCUT2D eigenvalue weighted by molar-refractivity contribution is 5.47. The van der Waals surface area contributed by atoms with Crippen LogP contribution in [0.1, 0.15) is 22.7 Å². The van der Waals surface area contributed by atoms with Gasteiger partial charge in [0.2, 0.25) is 0 Å². The first-order valence-electron chi connectivity index (χ1n) is 4.61. The monoisotopic (exact) mass is 177 g/mol. The number of hydrogen-bond donors (Lipinski definition) is 1. The average molecular weight is 177 g/mol. The van der Waals surface area contributed by atoms with E-state index in [9.17, 15) is 0 Å². The van der Waals surface area contributed by atoms with Gasteiger partial charge in [0, 0.05) is 18.2 Å². The Morgan fingerprint density at radius 3 is 2.62 bits per heavy atom. The molecule has 1 aliphatic heterocycles. The Morgan fingerprint density at radius 2 is 2.08 bits per heavy atom. The van der Waals surface area contributed by atoms with Gasteiger partial charge in [-0.3, -0.25) is 0 Å². The van der Waals surface area contributed by atoms with Crippen molar-refractivity contribution in [2.75, 3.05) is 13.7 Å². The first kappa shape index (κ1) is 8.57. The highest BCUT2D eigenvalue weighted by Crippen LogP contribution is 2.33. The van der Waals surface area contributed by atoms with Crippen molar-refractivity contribution in [1.82, 2.24) is 5.32 Å². The molecule has 13 heavy (non-hydrogen) atoms. The summed E-state index contributed by atoms with van der Waals surface area (Å²) < 4.78 is 5.39. The Morgan fingerprint density at radius 1 is 1.38 bits per heavy atom. The van der Waals surface area contributed by atoms with E-state index >= 15 is 0 Å². The standard InChI is InChI=1S/C11H15NO/c1-7-4-8(2)11(13-3)9(5-7)10-6-12-10/h4-5,10,12H,6H2,1-3H3. The molecule has 0 saturated carbocycles. The molecule has 1 aromatic rings. The SMILES string of the molecule is COc1c(C)cc(C)cc1C1CN1. The minimum absolute atomic E-state index is 0.522. The highest BCUT2D eigenvalue weighted by atomic mass is 16.5. The Balaban J connectivity index is 2.50. The van der Waals surface area contributed by atoms with Crippen LogP contribution in [0.4, 0.5) is 0 Å². The normalized spacial score (nSPS) is 20.1. The molecular weight excluding hydrogens is 162 g/mol. The topological polar surface area (TPSA) is 31.2 Å². The molecule has 2 heteroatoms. The molecule has 1 aromatic carbocycles. The van der Waals surface area contributed by atoms with Gasteiger partial charge in [0.25, 0.3) is 0 Å². The third kappa shape index (κ3) is 1.54. The van der Waals surface area contributed by atoms with Crippen LogP contribution >= 0.6 is 0 Å². The Kier molecular flexibility index (Phi) is 2.00. The molecule has 1 N–H and O–H groups in total. The second kappa shape index (κ2) is 3.04. The molecule has 2 rings (SSSR count). The largest absolute Gasteiger partial charge is 0.496 e. The molecule has 2 nitrogen and oxygen atoms in total. The molecule has 70 valence electrons. The molecule has 0 radical (unpaired) electrons. The number of ether oxygens (including phenoxy) is 1. The van der Waals surface area contributed by atoms with Crippen molar-refractivity contribution in [2.24, 2.45) is 0 Å². The lowest BCUT2D eigenvalue weighted by Crippen LogP contribution is -1.96. The van der Waals surface area contributed by atoms with Gasteiger partial charge in [-0.25, -0.2) is 0 Å². The Hall–Kier alpha value is -1.02. The molecule has 1 aliphatic rings. The quantitative estimate of drug-likeness (QED) is 0.700. The third-order valence-electron chi connectivity index (χ3n) is 2.44. The lowest BCUT2D eigenvalue weighted by Gasteiger charge is -2.11. The van der Waals surface area contributed by atoms with Crippen LogP contribution in [0.25, 0.3) is 0 Å². The maximum Gasteiger partial charge on any atom is 0.126 e. The van der Waals surface area contributed by atoms with E-state index in [-0.39, 0.29) is 0 Å². The van der Waals surface area contributed by atoms with Crippen LogP contribution in [0.15, 0.2) is 12.1 Å². The second-order valence-electron chi connectivity index (χ2n) is 3.67. The van der Waals surface area contributed by atoms with E-state index in [0.29, 0.717) is 6.04 Å². The predicted molar refractivity (Wildman–Crippen MR) is 53.2 cm³/mol. The molecule has 1 unspecified atom stereocenters. The fourth-order valence-corrected chi connectivity index (χ4v) is 1.80. The van der Waals surface area contributed by atoms with Gasteiger partial charge < -0.3 is 10.1 Å². The minimum atomic E-state index is 0.522. The van der Waals surface area contributed by atoms with E-state index in [1.807, 2.05) is 0 Å². The molecule has 0 spiro atoms. The minimum Gasteiger partial charge on any atom is -0.496 e. The van der Waals surface area contributed by atoms with Crippen LogP contribution in [0.2, 0.25) is 0 Å². The third-order valence-corrected chi connectivity index (χ3v) is 2.44. The summed E-state index contributed by atoms with van der Waals surface area (Å²) in [5, 5.41) is 3.30. The molecule has 0 aromatic heterocycles. The van der Waals surface area contributed by atoms with Crippen LogP contribution in [0.3, 0.4) is 0 Å². The molecule has 0 aliphatic carbocycles. The summed E-state index contributed by atoms with van der Waals surface area (Å²) in [5.74, 6) is 1.04. The maximum absolute atomic E-state index is 5.39. The summed E-state index contributed by atoms with van der Waals surface area (Å²) in [7, 11) is 1.74. The van der Waals surface area contributed by atoms with E-state index < -0.39 is 0 Å². The zero-order chi connectivity index (χ0) is 9.42. The van der Waals surface area contributed by atoms with Gasteiger partial charge in [0.15, 0.2) is 0 Å². The fraction of sp³-hybridized carbons (Fsp3) is 0.455. The summed E-state index contributed by atoms with van der Waals surface area (Å²) in [5.41, 5.74) is 3.84. The van der Waals surface area contributed by atoms with Crippen molar-refractivity contribution in [3.05, 3.63) is 28.8 Å². The molecule has 1 fully saturated rings. The van der Waals surface area contributed by atoms with Crippen LogP contribution in [-0.2, 0) is 0 Å². The van der Waals surface area contributed by atoms with Gasteiger partial charge in [-0.05, 0) is 19.4 Å². The number of aryl methyl sites for hydroxylation is 2. The van der Waals surface area contributed by atoms with Crippen molar-refractivity contribution in [3.63, 3.8) is 0 Å². The van der Waals surface area contributed by atoms with Gasteiger partial charge in [0.05, 0.1) is 7.11 Å². The number of nitrogens with one attached hydrogen (secondary N) is 1. The Labute approximate surface area is 78.9 Å². The Bertz CT molecular complexity index is 329. The van der Waals surface area contributed by atoms with Crippen molar-refractivity contribution >= 4 is 0 Å². The first-order chi connectivity index (χ1) is 6.22. The average Bonchev–Trinajstić information content (AvgIpc) is 2.85. The fourth-order valence-electron chi connectivity index (χ4n) is 1.80. The predicted octanol–water partition coefficient (Wildman–Crippen LogP) is 1.96. The van der Waals surface area contributed by atoms with Crippen molar-refractivity contribution < 1.29 is 4.74 Å². The number of methoxy groups -OCH3 is 1. The molecule has 1 heterocycles. The van der Waals surface area contributed by atoms with Crippen LogP contribution < -0.4 is 10.1 Å². The van der Waals surface area contributed by atoms with Crippen molar-refractivity contribution in [2.45, 2.75) is 19.9 Å². The lowest BCUT2D eigenvalue weighted by atomic mass is 10.0. The van der Waals surface area contributed by atoms with E-state index in [1.165, 1.54) is 16.7 Å². The highest BCUT2D eigenvalue weighted by Gasteiger charge is 2.26. The van der Waals surface area contributed by atoms with Gasteiger partial charge in [0.1, 0.15) is 5.75 Å². The van der Waals surface area contributed by atoms with Crippen LogP contribution in [-0.4, -0.2) is 13.7 Å². The number of benzene rings is 1. The lowest BCUT2D eigenvalue weighted by molar-refractivity contribution is 0.406. The van der Waals surface area contributed by atoms with Crippen LogP contribution in [0, 0.1) is 13.8 Å².